The van der Waals surface area contributed by atoms with Crippen molar-refractivity contribution in [3.63, 3.8) is 0 Å². The summed E-state index contributed by atoms with van der Waals surface area (Å²) in [7, 11) is 0. The first-order chi connectivity index (χ1) is 12.6. The fraction of sp³-hybridized carbons (Fsp3) is 0.727. The molecule has 5 aliphatic carbocycles. The molecule has 4 nitrogen and oxygen atoms in total. The maximum atomic E-state index is 13.1. The zero-order chi connectivity index (χ0) is 17.5. The lowest BCUT2D eigenvalue weighted by Crippen LogP contribution is -2.56. The van der Waals surface area contributed by atoms with Gasteiger partial charge >= 0.3 is 0 Å². The zero-order valence-electron chi connectivity index (χ0n) is 15.3. The molecule has 1 aliphatic heterocycles. The number of carbonyl (C=O) groups is 1. The molecule has 6 aliphatic rings. The van der Waals surface area contributed by atoms with Crippen LogP contribution in [0.1, 0.15) is 43.2 Å². The molecule has 1 unspecified atom stereocenters. The van der Waals surface area contributed by atoms with E-state index in [1.165, 1.54) is 24.0 Å². The van der Waals surface area contributed by atoms with E-state index in [1.807, 2.05) is 12.4 Å². The van der Waals surface area contributed by atoms with E-state index in [2.05, 4.69) is 16.0 Å². The molecule has 4 heteroatoms. The lowest BCUT2D eigenvalue weighted by atomic mass is 9.50. The minimum Gasteiger partial charge on any atom is -0.390 e. The van der Waals surface area contributed by atoms with Gasteiger partial charge in [0.1, 0.15) is 0 Å². The monoisotopic (exact) mass is 352 g/mol. The Bertz CT molecular complexity index is 746. The fourth-order valence-corrected chi connectivity index (χ4v) is 7.56. The molecule has 4 bridgehead atoms. The van der Waals surface area contributed by atoms with Gasteiger partial charge in [-0.15, -0.1) is 0 Å². The Morgan fingerprint density at radius 2 is 1.92 bits per heavy atom. The first kappa shape index (κ1) is 15.6. The summed E-state index contributed by atoms with van der Waals surface area (Å²) in [5.41, 5.74) is 2.30. The van der Waals surface area contributed by atoms with Gasteiger partial charge in [0.15, 0.2) is 0 Å². The van der Waals surface area contributed by atoms with E-state index in [0.717, 1.165) is 51.1 Å². The Morgan fingerprint density at radius 3 is 2.69 bits per heavy atom. The van der Waals surface area contributed by atoms with Crippen molar-refractivity contribution in [3.05, 3.63) is 29.6 Å². The van der Waals surface area contributed by atoms with Crippen molar-refractivity contribution in [1.29, 1.82) is 0 Å². The highest BCUT2D eigenvalue weighted by atomic mass is 16.3. The number of pyridine rings is 1. The predicted octanol–water partition coefficient (Wildman–Crippen LogP) is 2.44. The number of amides is 1. The third kappa shape index (κ3) is 2.24. The van der Waals surface area contributed by atoms with Crippen LogP contribution in [-0.2, 0) is 17.6 Å². The Morgan fingerprint density at radius 1 is 1.12 bits per heavy atom. The minimum atomic E-state index is -0.370. The largest absolute Gasteiger partial charge is 0.390 e. The van der Waals surface area contributed by atoms with Crippen LogP contribution in [0.4, 0.5) is 0 Å². The SMILES string of the molecule is O=C1[C@H]2Cc3cnccc3C[C@H]2CN1C[C@H]1[C@@H]2CC3C[C@H]1C[C@](O)(C3)C2. The zero-order valence-corrected chi connectivity index (χ0v) is 15.3. The molecule has 7 rings (SSSR count). The number of carbonyl (C=O) groups excluding carboxylic acids is 1. The molecule has 2 heterocycles. The number of hydrogen-bond donors (Lipinski definition) is 1. The van der Waals surface area contributed by atoms with E-state index in [4.69, 9.17) is 0 Å². The molecule has 0 spiro atoms. The molecule has 1 aromatic rings. The highest BCUT2D eigenvalue weighted by molar-refractivity contribution is 5.82. The molecular formula is C22H28N2O2. The van der Waals surface area contributed by atoms with Crippen LogP contribution in [0.5, 0.6) is 0 Å². The molecule has 0 radical (unpaired) electrons. The average molecular weight is 352 g/mol. The molecule has 1 amide bonds. The highest BCUT2D eigenvalue weighted by Crippen LogP contribution is 2.58. The van der Waals surface area contributed by atoms with Crippen molar-refractivity contribution in [3.8, 4) is 0 Å². The van der Waals surface area contributed by atoms with Gasteiger partial charge in [-0.3, -0.25) is 9.78 Å². The number of nitrogens with zero attached hydrogens (tertiary/aromatic N) is 2. The van der Waals surface area contributed by atoms with E-state index in [-0.39, 0.29) is 11.5 Å². The molecule has 1 N–H and O–H groups in total. The van der Waals surface area contributed by atoms with Crippen molar-refractivity contribution in [2.24, 2.45) is 35.5 Å². The number of rotatable bonds is 2. The Balaban J connectivity index is 1.20. The molecule has 26 heavy (non-hydrogen) atoms. The molecule has 5 fully saturated rings. The van der Waals surface area contributed by atoms with Gasteiger partial charge in [-0.05, 0) is 91.7 Å². The van der Waals surface area contributed by atoms with Gasteiger partial charge in [-0.25, -0.2) is 0 Å². The second-order valence-electron chi connectivity index (χ2n) is 10.0. The van der Waals surface area contributed by atoms with E-state index >= 15 is 0 Å². The van der Waals surface area contributed by atoms with Gasteiger partial charge in [0, 0.05) is 31.4 Å². The minimum absolute atomic E-state index is 0.174. The Labute approximate surface area is 155 Å². The van der Waals surface area contributed by atoms with Crippen molar-refractivity contribution in [2.75, 3.05) is 13.1 Å². The molecule has 1 saturated heterocycles. The summed E-state index contributed by atoms with van der Waals surface area (Å²) in [5, 5.41) is 10.8. The maximum Gasteiger partial charge on any atom is 0.226 e. The predicted molar refractivity (Wildman–Crippen MR) is 97.2 cm³/mol. The summed E-state index contributed by atoms with van der Waals surface area (Å²) in [5.74, 6) is 3.70. The summed E-state index contributed by atoms with van der Waals surface area (Å²) in [6, 6.07) is 2.14. The summed E-state index contributed by atoms with van der Waals surface area (Å²) in [4.78, 5) is 19.6. The first-order valence-electron chi connectivity index (χ1n) is 10.5. The van der Waals surface area contributed by atoms with Gasteiger partial charge in [0.05, 0.1) is 5.60 Å². The van der Waals surface area contributed by atoms with Crippen molar-refractivity contribution >= 4 is 5.91 Å². The van der Waals surface area contributed by atoms with Crippen LogP contribution in [0.15, 0.2) is 18.5 Å². The Kier molecular flexibility index (Phi) is 3.19. The number of aliphatic hydroxyl groups is 1. The molecule has 1 aromatic heterocycles. The van der Waals surface area contributed by atoms with Crippen molar-refractivity contribution in [1.82, 2.24) is 9.88 Å². The normalized spacial score (nSPS) is 45.7. The van der Waals surface area contributed by atoms with Crippen LogP contribution >= 0.6 is 0 Å². The van der Waals surface area contributed by atoms with Gasteiger partial charge in [0.25, 0.3) is 0 Å². The lowest BCUT2D eigenvalue weighted by Gasteiger charge is -2.58. The van der Waals surface area contributed by atoms with Crippen LogP contribution in [0.3, 0.4) is 0 Å². The van der Waals surface area contributed by atoms with E-state index in [9.17, 15) is 9.90 Å². The van der Waals surface area contributed by atoms with Gasteiger partial charge in [-0.1, -0.05) is 0 Å². The van der Waals surface area contributed by atoms with Crippen LogP contribution in [0, 0.1) is 35.5 Å². The quantitative estimate of drug-likeness (QED) is 0.889. The van der Waals surface area contributed by atoms with E-state index < -0.39 is 0 Å². The van der Waals surface area contributed by atoms with Crippen molar-refractivity contribution < 1.29 is 9.90 Å². The smallest absolute Gasteiger partial charge is 0.226 e. The molecule has 7 atom stereocenters. The maximum absolute atomic E-state index is 13.1. The van der Waals surface area contributed by atoms with Gasteiger partial charge in [0.2, 0.25) is 5.91 Å². The van der Waals surface area contributed by atoms with E-state index in [0.29, 0.717) is 29.6 Å². The molecular weight excluding hydrogens is 324 g/mol. The summed E-state index contributed by atoms with van der Waals surface area (Å²) < 4.78 is 0. The second-order valence-corrected chi connectivity index (χ2v) is 10.0. The van der Waals surface area contributed by atoms with Crippen molar-refractivity contribution in [2.45, 2.75) is 50.5 Å². The molecule has 138 valence electrons. The summed E-state index contributed by atoms with van der Waals surface area (Å²) in [6.45, 7) is 1.88. The third-order valence-electron chi connectivity index (χ3n) is 8.45. The van der Waals surface area contributed by atoms with E-state index in [1.54, 1.807) is 0 Å². The van der Waals surface area contributed by atoms with Gasteiger partial charge < -0.3 is 10.0 Å². The van der Waals surface area contributed by atoms with Crippen LogP contribution < -0.4 is 0 Å². The number of aromatic nitrogens is 1. The summed E-state index contributed by atoms with van der Waals surface area (Å²) >= 11 is 0. The van der Waals surface area contributed by atoms with Gasteiger partial charge in [-0.2, -0.15) is 0 Å². The Hall–Kier alpha value is -1.42. The van der Waals surface area contributed by atoms with Crippen LogP contribution in [0.25, 0.3) is 0 Å². The second kappa shape index (κ2) is 5.31. The van der Waals surface area contributed by atoms with Crippen LogP contribution in [-0.4, -0.2) is 39.6 Å². The number of fused-ring (bicyclic) bond motifs is 2. The number of likely N-dealkylation sites (tertiary alicyclic amines) is 1. The topological polar surface area (TPSA) is 53.4 Å². The van der Waals surface area contributed by atoms with Crippen LogP contribution in [0.2, 0.25) is 0 Å². The first-order valence-corrected chi connectivity index (χ1v) is 10.5. The standard InChI is InChI=1S/C22H28N2O2/c25-21-19-6-17-10-23-2-1-14(17)5-18(19)11-24(21)12-20-15-3-13-4-16(20)9-22(26,7-13)8-15/h1-2,10,13,15-16,18-20,26H,3-9,11-12H2/t13?,15-,16+,18-,19-,20+,22+/m0/s1. The lowest BCUT2D eigenvalue weighted by molar-refractivity contribution is -0.158. The third-order valence-corrected chi connectivity index (χ3v) is 8.45. The molecule has 0 aromatic carbocycles. The summed E-state index contributed by atoms with van der Waals surface area (Å²) in [6.07, 6.45) is 11.3. The molecule has 4 saturated carbocycles. The average Bonchev–Trinajstić information content (AvgIpc) is 2.90. The highest BCUT2D eigenvalue weighted by Gasteiger charge is 2.55. The fourth-order valence-electron chi connectivity index (χ4n) is 7.56. The number of hydrogen-bond acceptors (Lipinski definition) is 3.